The van der Waals surface area contributed by atoms with E-state index in [1.54, 1.807) is 49.4 Å². The summed E-state index contributed by atoms with van der Waals surface area (Å²) in [5.74, 6) is -0.572. The third kappa shape index (κ3) is 2.84. The summed E-state index contributed by atoms with van der Waals surface area (Å²) in [6, 6.07) is 13.3. The summed E-state index contributed by atoms with van der Waals surface area (Å²) in [6.45, 7) is 2.98. The highest BCUT2D eigenvalue weighted by Crippen LogP contribution is 2.25. The Balaban J connectivity index is 2.16. The number of ketones is 1. The van der Waals surface area contributed by atoms with E-state index in [9.17, 15) is 14.4 Å². The number of aryl methyl sites for hydroxylation is 1. The maximum Gasteiger partial charge on any atom is 0.347 e. The van der Waals surface area contributed by atoms with Crippen LogP contribution < -0.4 is 10.4 Å². The van der Waals surface area contributed by atoms with Gasteiger partial charge >= 0.3 is 11.6 Å². The van der Waals surface area contributed by atoms with E-state index in [-0.39, 0.29) is 22.7 Å². The van der Waals surface area contributed by atoms with Gasteiger partial charge in [-0.2, -0.15) is 0 Å². The van der Waals surface area contributed by atoms with Crippen molar-refractivity contribution < 1.29 is 18.7 Å². The van der Waals surface area contributed by atoms with Crippen molar-refractivity contribution in [2.24, 2.45) is 0 Å². The summed E-state index contributed by atoms with van der Waals surface area (Å²) in [5, 5.41) is 0.616. The second-order valence-electron chi connectivity index (χ2n) is 5.34. The van der Waals surface area contributed by atoms with Gasteiger partial charge in [-0.05, 0) is 24.6 Å². The summed E-state index contributed by atoms with van der Waals surface area (Å²) >= 11 is 0. The Kier molecular flexibility index (Phi) is 4.00. The molecule has 0 atom stereocenters. The van der Waals surface area contributed by atoms with Crippen LogP contribution in [0.25, 0.3) is 11.0 Å². The standard InChI is InChI=1S/C19H14O5/c1-11-15-9-8-14(23-12(2)20)10-16(15)24-19(22)17(11)18(21)13-6-4-3-5-7-13/h3-10H,1-2H3. The first-order valence-electron chi connectivity index (χ1n) is 7.33. The molecule has 120 valence electrons. The number of benzene rings is 2. The normalized spacial score (nSPS) is 10.6. The van der Waals surface area contributed by atoms with Crippen molar-refractivity contribution in [2.45, 2.75) is 13.8 Å². The second kappa shape index (κ2) is 6.12. The summed E-state index contributed by atoms with van der Waals surface area (Å²) in [4.78, 5) is 35.9. The van der Waals surface area contributed by atoms with Gasteiger partial charge in [0, 0.05) is 23.9 Å². The number of esters is 1. The smallest absolute Gasteiger partial charge is 0.347 e. The molecule has 3 aromatic rings. The Labute approximate surface area is 137 Å². The molecule has 0 aliphatic rings. The van der Waals surface area contributed by atoms with Gasteiger partial charge in [0.1, 0.15) is 16.9 Å². The predicted octanol–water partition coefficient (Wildman–Crippen LogP) is 3.26. The summed E-state index contributed by atoms with van der Waals surface area (Å²) < 4.78 is 10.3. The molecule has 0 aliphatic heterocycles. The molecule has 2 aromatic carbocycles. The quantitative estimate of drug-likeness (QED) is 0.320. The zero-order valence-electron chi connectivity index (χ0n) is 13.2. The van der Waals surface area contributed by atoms with Gasteiger partial charge in [-0.15, -0.1) is 0 Å². The molecule has 0 amide bonds. The molecule has 0 unspecified atom stereocenters. The lowest BCUT2D eigenvalue weighted by Crippen LogP contribution is -2.17. The van der Waals surface area contributed by atoms with Crippen molar-refractivity contribution in [3.63, 3.8) is 0 Å². The topological polar surface area (TPSA) is 73.6 Å². The highest BCUT2D eigenvalue weighted by molar-refractivity contribution is 6.11. The fraction of sp³-hybridized carbons (Fsp3) is 0.105. The van der Waals surface area contributed by atoms with Crippen LogP contribution in [0.5, 0.6) is 5.75 Å². The zero-order chi connectivity index (χ0) is 17.3. The molecule has 0 saturated carbocycles. The number of ether oxygens (including phenoxy) is 1. The van der Waals surface area contributed by atoms with Crippen LogP contribution in [0.2, 0.25) is 0 Å². The minimum Gasteiger partial charge on any atom is -0.427 e. The zero-order valence-corrected chi connectivity index (χ0v) is 13.2. The van der Waals surface area contributed by atoms with Crippen molar-refractivity contribution in [2.75, 3.05) is 0 Å². The van der Waals surface area contributed by atoms with Gasteiger partial charge in [0.05, 0.1) is 0 Å². The minimum absolute atomic E-state index is 0.00827. The summed E-state index contributed by atoms with van der Waals surface area (Å²) in [5.41, 5.74) is 0.511. The van der Waals surface area contributed by atoms with Crippen LogP contribution >= 0.6 is 0 Å². The van der Waals surface area contributed by atoms with Gasteiger partial charge < -0.3 is 9.15 Å². The average Bonchev–Trinajstić information content (AvgIpc) is 2.54. The Hall–Kier alpha value is -3.21. The van der Waals surface area contributed by atoms with Crippen molar-refractivity contribution >= 4 is 22.7 Å². The maximum atomic E-state index is 12.6. The van der Waals surface area contributed by atoms with Crippen LogP contribution in [-0.4, -0.2) is 11.8 Å². The Bertz CT molecular complexity index is 999. The third-order valence-corrected chi connectivity index (χ3v) is 3.66. The molecule has 5 nitrogen and oxygen atoms in total. The Morgan fingerprint density at radius 2 is 1.75 bits per heavy atom. The van der Waals surface area contributed by atoms with Crippen LogP contribution in [0.4, 0.5) is 0 Å². The van der Waals surface area contributed by atoms with E-state index >= 15 is 0 Å². The fourth-order valence-corrected chi connectivity index (χ4v) is 2.56. The Morgan fingerprint density at radius 1 is 1.04 bits per heavy atom. The van der Waals surface area contributed by atoms with E-state index in [1.165, 1.54) is 13.0 Å². The molecular weight excluding hydrogens is 308 g/mol. The van der Waals surface area contributed by atoms with Crippen molar-refractivity contribution in [3.8, 4) is 5.75 Å². The molecular formula is C19H14O5. The van der Waals surface area contributed by atoms with Gasteiger partial charge in [-0.1, -0.05) is 30.3 Å². The van der Waals surface area contributed by atoms with Crippen LogP contribution in [0.3, 0.4) is 0 Å². The highest BCUT2D eigenvalue weighted by atomic mass is 16.5. The van der Waals surface area contributed by atoms with Gasteiger partial charge in [0.2, 0.25) is 5.78 Å². The molecule has 1 heterocycles. The Morgan fingerprint density at radius 3 is 2.42 bits per heavy atom. The van der Waals surface area contributed by atoms with E-state index in [0.29, 0.717) is 16.5 Å². The molecule has 0 saturated heterocycles. The van der Waals surface area contributed by atoms with Crippen molar-refractivity contribution in [1.29, 1.82) is 0 Å². The molecule has 5 heteroatoms. The first-order valence-corrected chi connectivity index (χ1v) is 7.33. The number of carbonyl (C=O) groups is 2. The van der Waals surface area contributed by atoms with Gasteiger partial charge in [-0.25, -0.2) is 4.79 Å². The van der Waals surface area contributed by atoms with E-state index < -0.39 is 11.6 Å². The van der Waals surface area contributed by atoms with Gasteiger partial charge in [0.25, 0.3) is 0 Å². The number of hydrogen-bond acceptors (Lipinski definition) is 5. The second-order valence-corrected chi connectivity index (χ2v) is 5.34. The lowest BCUT2D eigenvalue weighted by molar-refractivity contribution is -0.131. The van der Waals surface area contributed by atoms with Crippen LogP contribution in [0.15, 0.2) is 57.7 Å². The molecule has 0 bridgehead atoms. The average molecular weight is 322 g/mol. The molecule has 24 heavy (non-hydrogen) atoms. The molecule has 0 aliphatic carbocycles. The SMILES string of the molecule is CC(=O)Oc1ccc2c(C)c(C(=O)c3ccccc3)c(=O)oc2c1. The van der Waals surface area contributed by atoms with Gasteiger partial charge in [-0.3, -0.25) is 9.59 Å². The molecule has 0 spiro atoms. The molecule has 0 N–H and O–H groups in total. The highest BCUT2D eigenvalue weighted by Gasteiger charge is 2.20. The molecule has 1 aromatic heterocycles. The summed E-state index contributed by atoms with van der Waals surface area (Å²) in [6.07, 6.45) is 0. The fourth-order valence-electron chi connectivity index (χ4n) is 2.56. The van der Waals surface area contributed by atoms with E-state index in [0.717, 1.165) is 0 Å². The monoisotopic (exact) mass is 322 g/mol. The number of hydrogen-bond donors (Lipinski definition) is 0. The number of carbonyl (C=O) groups excluding carboxylic acids is 2. The predicted molar refractivity (Wildman–Crippen MR) is 88.4 cm³/mol. The largest absolute Gasteiger partial charge is 0.427 e. The van der Waals surface area contributed by atoms with E-state index in [4.69, 9.17) is 9.15 Å². The lowest BCUT2D eigenvalue weighted by Gasteiger charge is -2.08. The van der Waals surface area contributed by atoms with E-state index in [2.05, 4.69) is 0 Å². The van der Waals surface area contributed by atoms with Crippen LogP contribution in [0.1, 0.15) is 28.4 Å². The van der Waals surface area contributed by atoms with Crippen molar-refractivity contribution in [3.05, 3.63) is 75.6 Å². The third-order valence-electron chi connectivity index (χ3n) is 3.66. The molecule has 0 fully saturated rings. The molecule has 0 radical (unpaired) electrons. The minimum atomic E-state index is -0.714. The number of fused-ring (bicyclic) bond motifs is 1. The van der Waals surface area contributed by atoms with E-state index in [1.807, 2.05) is 0 Å². The van der Waals surface area contributed by atoms with Gasteiger partial charge in [0.15, 0.2) is 0 Å². The molecule has 3 rings (SSSR count). The first-order chi connectivity index (χ1) is 11.5. The first kappa shape index (κ1) is 15.7. The lowest BCUT2D eigenvalue weighted by atomic mass is 9.98. The van der Waals surface area contributed by atoms with Crippen LogP contribution in [0, 0.1) is 6.92 Å². The summed E-state index contributed by atoms with van der Waals surface area (Å²) in [7, 11) is 0. The van der Waals surface area contributed by atoms with Crippen molar-refractivity contribution in [1.82, 2.24) is 0 Å². The van der Waals surface area contributed by atoms with Crippen LogP contribution in [-0.2, 0) is 4.79 Å². The number of rotatable bonds is 3. The maximum absolute atomic E-state index is 12.6.